The summed E-state index contributed by atoms with van der Waals surface area (Å²) in [5.74, 6) is -1.45. The number of carboxylic acid groups (broad SMARTS) is 1. The number of aliphatic carboxylic acids is 1. The Morgan fingerprint density at radius 2 is 2.05 bits per heavy atom. The molecule has 4 N–H and O–H groups in total. The molecule has 0 spiro atoms. The molecule has 19 heavy (non-hydrogen) atoms. The van der Waals surface area contributed by atoms with Gasteiger partial charge in [-0.3, -0.25) is 4.79 Å². The number of carboxylic acids is 1. The Morgan fingerprint density at radius 1 is 1.42 bits per heavy atom. The van der Waals surface area contributed by atoms with Gasteiger partial charge in [-0.15, -0.1) is 0 Å². The van der Waals surface area contributed by atoms with Crippen LogP contribution in [0.25, 0.3) is 0 Å². The molecule has 0 aromatic heterocycles. The first kappa shape index (κ1) is 15.8. The SMILES string of the molecule is CCN(CC(C)C(=O)O)C(=O)NC1CCCCC1N. The van der Waals surface area contributed by atoms with Gasteiger partial charge in [0.15, 0.2) is 0 Å². The van der Waals surface area contributed by atoms with Crippen LogP contribution in [0.3, 0.4) is 0 Å². The van der Waals surface area contributed by atoms with Gasteiger partial charge in [-0.05, 0) is 19.8 Å². The van der Waals surface area contributed by atoms with Crippen LogP contribution in [0.5, 0.6) is 0 Å². The van der Waals surface area contributed by atoms with Crippen LogP contribution in [-0.4, -0.2) is 47.2 Å². The molecule has 0 aromatic carbocycles. The highest BCUT2D eigenvalue weighted by molar-refractivity contribution is 5.76. The Hall–Kier alpha value is -1.30. The van der Waals surface area contributed by atoms with Gasteiger partial charge in [0.1, 0.15) is 0 Å². The van der Waals surface area contributed by atoms with Crippen LogP contribution in [-0.2, 0) is 4.79 Å². The first-order valence-corrected chi connectivity index (χ1v) is 6.99. The Labute approximate surface area is 114 Å². The summed E-state index contributed by atoms with van der Waals surface area (Å²) < 4.78 is 0. The van der Waals surface area contributed by atoms with Crippen LogP contribution >= 0.6 is 0 Å². The van der Waals surface area contributed by atoms with Crippen molar-refractivity contribution in [2.75, 3.05) is 13.1 Å². The van der Waals surface area contributed by atoms with E-state index in [1.165, 1.54) is 4.90 Å². The lowest BCUT2D eigenvalue weighted by atomic mass is 9.91. The predicted molar refractivity (Wildman–Crippen MR) is 72.8 cm³/mol. The van der Waals surface area contributed by atoms with Gasteiger partial charge in [0.05, 0.1) is 5.92 Å². The van der Waals surface area contributed by atoms with E-state index in [0.717, 1.165) is 25.7 Å². The van der Waals surface area contributed by atoms with Gasteiger partial charge in [0.25, 0.3) is 0 Å². The van der Waals surface area contributed by atoms with E-state index in [4.69, 9.17) is 10.8 Å². The lowest BCUT2D eigenvalue weighted by Gasteiger charge is -2.32. The molecule has 3 atom stereocenters. The molecule has 6 nitrogen and oxygen atoms in total. The minimum atomic E-state index is -0.888. The maximum absolute atomic E-state index is 12.1. The van der Waals surface area contributed by atoms with E-state index in [1.54, 1.807) is 6.92 Å². The number of nitrogens with one attached hydrogen (secondary N) is 1. The van der Waals surface area contributed by atoms with Crippen molar-refractivity contribution in [2.24, 2.45) is 11.7 Å². The zero-order valence-electron chi connectivity index (χ0n) is 11.8. The van der Waals surface area contributed by atoms with Gasteiger partial charge in [0.2, 0.25) is 0 Å². The number of rotatable bonds is 5. The monoisotopic (exact) mass is 271 g/mol. The third-order valence-corrected chi connectivity index (χ3v) is 3.71. The Bertz CT molecular complexity index is 322. The van der Waals surface area contributed by atoms with Gasteiger partial charge < -0.3 is 21.1 Å². The van der Waals surface area contributed by atoms with Crippen LogP contribution in [0, 0.1) is 5.92 Å². The van der Waals surface area contributed by atoms with Crippen molar-refractivity contribution in [3.63, 3.8) is 0 Å². The highest BCUT2D eigenvalue weighted by Gasteiger charge is 2.26. The fourth-order valence-electron chi connectivity index (χ4n) is 2.35. The molecular weight excluding hydrogens is 246 g/mol. The van der Waals surface area contributed by atoms with E-state index >= 15 is 0 Å². The van der Waals surface area contributed by atoms with E-state index in [0.29, 0.717) is 6.54 Å². The van der Waals surface area contributed by atoms with Crippen molar-refractivity contribution in [3.05, 3.63) is 0 Å². The largest absolute Gasteiger partial charge is 0.481 e. The molecule has 1 aliphatic carbocycles. The third kappa shape index (κ3) is 4.70. The number of hydrogen-bond acceptors (Lipinski definition) is 3. The number of carbonyl (C=O) groups excluding carboxylic acids is 1. The fraction of sp³-hybridized carbons (Fsp3) is 0.846. The second kappa shape index (κ2) is 7.33. The number of nitrogens with two attached hydrogens (primary N) is 1. The lowest BCUT2D eigenvalue weighted by molar-refractivity contribution is -0.141. The van der Waals surface area contributed by atoms with Gasteiger partial charge in [-0.25, -0.2) is 4.79 Å². The molecule has 0 aromatic rings. The Morgan fingerprint density at radius 3 is 2.58 bits per heavy atom. The van der Waals surface area contributed by atoms with Crippen LogP contribution in [0.1, 0.15) is 39.5 Å². The molecule has 1 aliphatic rings. The van der Waals surface area contributed by atoms with Crippen molar-refractivity contribution >= 4 is 12.0 Å². The van der Waals surface area contributed by atoms with Crippen molar-refractivity contribution in [2.45, 2.75) is 51.6 Å². The third-order valence-electron chi connectivity index (χ3n) is 3.71. The maximum Gasteiger partial charge on any atom is 0.317 e. The van der Waals surface area contributed by atoms with E-state index < -0.39 is 11.9 Å². The average Bonchev–Trinajstić information content (AvgIpc) is 2.38. The highest BCUT2D eigenvalue weighted by Crippen LogP contribution is 2.17. The van der Waals surface area contributed by atoms with Crippen molar-refractivity contribution in [3.8, 4) is 0 Å². The van der Waals surface area contributed by atoms with Crippen LogP contribution < -0.4 is 11.1 Å². The average molecular weight is 271 g/mol. The minimum absolute atomic E-state index is 0.00769. The Kier molecular flexibility index (Phi) is 6.08. The second-order valence-corrected chi connectivity index (χ2v) is 5.28. The number of urea groups is 1. The first-order valence-electron chi connectivity index (χ1n) is 6.99. The first-order chi connectivity index (χ1) is 8.95. The summed E-state index contributed by atoms with van der Waals surface area (Å²) in [4.78, 5) is 24.5. The molecule has 1 saturated carbocycles. The molecule has 0 bridgehead atoms. The van der Waals surface area contributed by atoms with E-state index in [-0.39, 0.29) is 24.7 Å². The summed E-state index contributed by atoms with van der Waals surface area (Å²) in [5.41, 5.74) is 5.99. The van der Waals surface area contributed by atoms with E-state index in [1.807, 2.05) is 6.92 Å². The molecule has 1 fully saturated rings. The lowest BCUT2D eigenvalue weighted by Crippen LogP contribution is -2.53. The summed E-state index contributed by atoms with van der Waals surface area (Å²) in [7, 11) is 0. The molecule has 1 rings (SSSR count). The van der Waals surface area contributed by atoms with Crippen LogP contribution in [0.4, 0.5) is 4.79 Å². The summed E-state index contributed by atoms with van der Waals surface area (Å²) in [6.07, 6.45) is 4.03. The van der Waals surface area contributed by atoms with Gasteiger partial charge in [-0.2, -0.15) is 0 Å². The number of nitrogens with zero attached hydrogens (tertiary/aromatic N) is 1. The minimum Gasteiger partial charge on any atom is -0.481 e. The number of amides is 2. The standard InChI is InChI=1S/C13H25N3O3/c1-3-16(8-9(2)12(17)18)13(19)15-11-7-5-4-6-10(11)14/h9-11H,3-8,14H2,1-2H3,(H,15,19)(H,17,18). The molecule has 110 valence electrons. The molecule has 6 heteroatoms. The molecule has 0 saturated heterocycles. The Balaban J connectivity index is 2.51. The second-order valence-electron chi connectivity index (χ2n) is 5.28. The zero-order chi connectivity index (χ0) is 14.4. The highest BCUT2D eigenvalue weighted by atomic mass is 16.4. The van der Waals surface area contributed by atoms with Gasteiger partial charge in [0, 0.05) is 25.2 Å². The smallest absolute Gasteiger partial charge is 0.317 e. The molecular formula is C13H25N3O3. The molecule has 3 unspecified atom stereocenters. The van der Waals surface area contributed by atoms with Crippen LogP contribution in [0.2, 0.25) is 0 Å². The van der Waals surface area contributed by atoms with Gasteiger partial charge >= 0.3 is 12.0 Å². The topological polar surface area (TPSA) is 95.7 Å². The number of hydrogen-bond donors (Lipinski definition) is 3. The van der Waals surface area contributed by atoms with Gasteiger partial charge in [-0.1, -0.05) is 19.8 Å². The summed E-state index contributed by atoms with van der Waals surface area (Å²) >= 11 is 0. The molecule has 2 amide bonds. The van der Waals surface area contributed by atoms with Crippen molar-refractivity contribution < 1.29 is 14.7 Å². The summed E-state index contributed by atoms with van der Waals surface area (Å²) in [6, 6.07) is -0.193. The van der Waals surface area contributed by atoms with E-state index in [9.17, 15) is 9.59 Å². The van der Waals surface area contributed by atoms with Crippen LogP contribution in [0.15, 0.2) is 0 Å². The molecule has 0 radical (unpaired) electrons. The quantitative estimate of drug-likeness (QED) is 0.695. The van der Waals surface area contributed by atoms with E-state index in [2.05, 4.69) is 5.32 Å². The zero-order valence-corrected chi connectivity index (χ0v) is 11.8. The van der Waals surface area contributed by atoms with Crippen molar-refractivity contribution in [1.29, 1.82) is 0 Å². The molecule has 0 heterocycles. The van der Waals surface area contributed by atoms with Crippen molar-refractivity contribution in [1.82, 2.24) is 10.2 Å². The fourth-order valence-corrected chi connectivity index (χ4v) is 2.35. The summed E-state index contributed by atoms with van der Waals surface area (Å²) in [6.45, 7) is 4.16. The summed E-state index contributed by atoms with van der Waals surface area (Å²) in [5, 5.41) is 11.8. The number of carbonyl (C=O) groups is 2. The molecule has 0 aliphatic heterocycles. The normalized spacial score (nSPS) is 24.6. The maximum atomic E-state index is 12.1. The predicted octanol–water partition coefficient (Wildman–Crippen LogP) is 1.01.